The quantitative estimate of drug-likeness (QED) is 0.121. The average molecular weight is 720 g/mol. The normalized spacial score (nSPS) is 10.0. The summed E-state index contributed by atoms with van der Waals surface area (Å²) < 4.78 is 0. The summed E-state index contributed by atoms with van der Waals surface area (Å²) in [6.07, 6.45) is 0. The van der Waals surface area contributed by atoms with Gasteiger partial charge in [0, 0.05) is 25.3 Å². The van der Waals surface area contributed by atoms with E-state index in [0.717, 1.165) is 0 Å². The van der Waals surface area contributed by atoms with Crippen molar-refractivity contribution in [2.45, 2.75) is 0 Å². The fourth-order valence-electron chi connectivity index (χ4n) is 4.55. The zero-order chi connectivity index (χ0) is 30.1. The Labute approximate surface area is 289 Å². The number of benzene rings is 7. The molecule has 0 aromatic heterocycles. The molecule has 0 heterocycles. The Hall–Kier alpha value is -3.80. The van der Waals surface area contributed by atoms with Gasteiger partial charge >= 0.3 is 0 Å². The van der Waals surface area contributed by atoms with Crippen LogP contribution in [0.25, 0.3) is 0 Å². The zero-order valence-electron chi connectivity index (χ0n) is 24.9. The van der Waals surface area contributed by atoms with E-state index in [1.807, 2.05) is 54.6 Å². The molecule has 0 aliphatic rings. The summed E-state index contributed by atoms with van der Waals surface area (Å²) in [6, 6.07) is 78.6. The Kier molecular flexibility index (Phi) is 14.8. The van der Waals surface area contributed by atoms with Gasteiger partial charge in [-0.15, -0.1) is 0 Å². The maximum Gasteiger partial charge on any atom is 0 e. The first kappa shape index (κ1) is 34.1. The molecule has 0 spiro atoms. The van der Waals surface area contributed by atoms with Crippen molar-refractivity contribution in [3.8, 4) is 0 Å². The fraction of sp³-hybridized carbons (Fsp3) is 0. The molecular weight excluding hydrogens is 685 g/mol. The van der Waals surface area contributed by atoms with Gasteiger partial charge in [-0.3, -0.25) is 0 Å². The average Bonchev–Trinajstić information content (AvgIpc) is 3.13. The topological polar surface area (TPSA) is 0 Å². The van der Waals surface area contributed by atoms with Gasteiger partial charge in [-0.2, -0.15) is 0 Å². The van der Waals surface area contributed by atoms with E-state index in [0.29, 0.717) is 0 Å². The molecule has 0 fully saturated rings. The summed E-state index contributed by atoms with van der Waals surface area (Å²) in [6.45, 7) is 0. The van der Waals surface area contributed by atoms with Crippen LogP contribution in [0.2, 0.25) is 0 Å². The van der Waals surface area contributed by atoms with Crippen LogP contribution in [-0.4, -0.2) is 23.9 Å². The maximum atomic E-state index is 3.39. The summed E-state index contributed by atoms with van der Waals surface area (Å²) in [5.41, 5.74) is 0. The van der Waals surface area contributed by atoms with Crippen molar-refractivity contribution in [2.24, 2.45) is 0 Å². The van der Waals surface area contributed by atoms with Gasteiger partial charge in [-0.1, -0.05) is 200 Å². The molecule has 0 nitrogen and oxygen atoms in total. The Balaban J connectivity index is 0.000000205. The Morgan fingerprint density at radius 3 is 0.800 bits per heavy atom. The molecule has 0 unspecified atom stereocenters. The second kappa shape index (κ2) is 19.6. The van der Waals surface area contributed by atoms with Gasteiger partial charge in [-0.25, -0.2) is 0 Å². The molecule has 0 saturated carbocycles. The third kappa shape index (κ3) is 10.7. The van der Waals surface area contributed by atoms with Crippen LogP contribution in [0.5, 0.6) is 0 Å². The molecule has 7 radical (unpaired) electrons. The minimum atomic E-state index is -0.502. The van der Waals surface area contributed by atoms with Crippen molar-refractivity contribution in [1.29, 1.82) is 0 Å². The van der Waals surface area contributed by atoms with Crippen LogP contribution in [0, 0.1) is 18.2 Å². The van der Waals surface area contributed by atoms with Gasteiger partial charge < -0.3 is 0 Å². The first-order valence-electron chi connectivity index (χ1n) is 14.5. The fourth-order valence-corrected chi connectivity index (χ4v) is 9.02. The molecule has 7 aromatic carbocycles. The summed E-state index contributed by atoms with van der Waals surface area (Å²) in [7, 11) is -1.00. The third-order valence-electron chi connectivity index (χ3n) is 6.53. The molecule has 0 amide bonds. The van der Waals surface area contributed by atoms with E-state index >= 15 is 0 Å². The molecule has 0 aliphatic heterocycles. The predicted molar refractivity (Wildman–Crippen MR) is 201 cm³/mol. The summed E-state index contributed by atoms with van der Waals surface area (Å²) in [4.78, 5) is 0. The van der Waals surface area contributed by atoms with Crippen molar-refractivity contribution in [2.75, 3.05) is 0 Å². The molecule has 7 rings (SSSR count). The van der Waals surface area contributed by atoms with Gasteiger partial charge in [0.1, 0.15) is 0 Å². The van der Waals surface area contributed by atoms with Crippen LogP contribution >= 0.6 is 15.8 Å². The van der Waals surface area contributed by atoms with E-state index in [-0.39, 0.29) is 25.3 Å². The summed E-state index contributed by atoms with van der Waals surface area (Å²) in [5, 5.41) is 8.01. The molecule has 0 atom stereocenters. The Morgan fingerprint density at radius 1 is 0.311 bits per heavy atom. The first-order chi connectivity index (χ1) is 21.9. The van der Waals surface area contributed by atoms with E-state index in [2.05, 4.69) is 164 Å². The Morgan fingerprint density at radius 2 is 0.578 bits per heavy atom. The largest absolute Gasteiger partial charge is 0.0622 e. The van der Waals surface area contributed by atoms with Crippen LogP contribution < -0.4 is 31.8 Å². The number of hydrogen-bond donors (Lipinski definition) is 0. The van der Waals surface area contributed by atoms with E-state index in [4.69, 9.17) is 0 Å². The second-order valence-electron chi connectivity index (χ2n) is 9.59. The van der Waals surface area contributed by atoms with E-state index in [9.17, 15) is 0 Å². The summed E-state index contributed by atoms with van der Waals surface area (Å²) >= 11 is 0. The van der Waals surface area contributed by atoms with Crippen LogP contribution in [0.15, 0.2) is 200 Å². The zero-order valence-corrected chi connectivity index (χ0v) is 29.6. The molecule has 0 saturated heterocycles. The van der Waals surface area contributed by atoms with E-state index in [1.54, 1.807) is 0 Å². The van der Waals surface area contributed by atoms with Crippen molar-refractivity contribution in [3.05, 3.63) is 218 Å². The molecule has 217 valence electrons. The molecule has 3 heteroatoms. The molecule has 7 aromatic rings. The maximum absolute atomic E-state index is 3.39. The Bertz CT molecular complexity index is 1390. The smallest absolute Gasteiger partial charge is 0 e. The standard InChI is InChI=1S/2C18H14P.C6H5.Sn.H2/c2*1-4-10-16(11-5-1)19(17-12-6-2-7-13-17)18-14-8-3-9-15-18;1-2-4-6-5-3-1;;/h2*1-14H;1-5H;;1H. The van der Waals surface area contributed by atoms with Gasteiger partial charge in [0.2, 0.25) is 0 Å². The SMILES string of the molecule is [HH].[Sn].[c]1ccccc1.[c]1ccccc1P(c1ccccc1)c1ccccc1.[c]1ccccc1P(c1ccccc1)c1ccccc1. The molecular formula is C42H35P2Sn. The second-order valence-corrected chi connectivity index (χ2v) is 14.0. The number of hydrogen-bond acceptors (Lipinski definition) is 0. The summed E-state index contributed by atoms with van der Waals surface area (Å²) in [5.74, 6) is 0. The molecule has 45 heavy (non-hydrogen) atoms. The van der Waals surface area contributed by atoms with Gasteiger partial charge in [0.15, 0.2) is 0 Å². The third-order valence-corrected chi connectivity index (χ3v) is 11.3. The van der Waals surface area contributed by atoms with Crippen LogP contribution in [0.4, 0.5) is 0 Å². The minimum Gasteiger partial charge on any atom is -0.0622 e. The monoisotopic (exact) mass is 721 g/mol. The van der Waals surface area contributed by atoms with Crippen molar-refractivity contribution in [1.82, 2.24) is 0 Å². The van der Waals surface area contributed by atoms with Crippen molar-refractivity contribution in [3.63, 3.8) is 0 Å². The van der Waals surface area contributed by atoms with Gasteiger partial charge in [0.05, 0.1) is 0 Å². The van der Waals surface area contributed by atoms with Crippen LogP contribution in [-0.2, 0) is 0 Å². The molecule has 0 aliphatic carbocycles. The predicted octanol–water partition coefficient (Wildman–Crippen LogP) is 7.84. The molecule has 0 N–H and O–H groups in total. The van der Waals surface area contributed by atoms with Crippen LogP contribution in [0.3, 0.4) is 0 Å². The minimum absolute atomic E-state index is 0. The van der Waals surface area contributed by atoms with Gasteiger partial charge in [-0.05, 0) is 65.9 Å². The van der Waals surface area contributed by atoms with E-state index in [1.165, 1.54) is 31.8 Å². The van der Waals surface area contributed by atoms with Crippen LogP contribution in [0.1, 0.15) is 1.43 Å². The van der Waals surface area contributed by atoms with Crippen molar-refractivity contribution < 1.29 is 1.43 Å². The van der Waals surface area contributed by atoms with Gasteiger partial charge in [0.25, 0.3) is 0 Å². The number of rotatable bonds is 6. The first-order valence-corrected chi connectivity index (χ1v) is 17.2. The molecule has 0 bridgehead atoms. The van der Waals surface area contributed by atoms with Crippen molar-refractivity contribution >= 4 is 71.6 Å². The van der Waals surface area contributed by atoms with E-state index < -0.39 is 15.8 Å².